The summed E-state index contributed by atoms with van der Waals surface area (Å²) in [6.07, 6.45) is 0. The number of thioether (sulfide) groups is 1. The van der Waals surface area contributed by atoms with E-state index in [1.54, 1.807) is 18.8 Å². The van der Waals surface area contributed by atoms with E-state index in [1.807, 2.05) is 6.07 Å². The summed E-state index contributed by atoms with van der Waals surface area (Å²) in [5, 5.41) is 2.62. The Morgan fingerprint density at radius 1 is 1.40 bits per heavy atom. The summed E-state index contributed by atoms with van der Waals surface area (Å²) in [6, 6.07) is 10.4. The topological polar surface area (TPSA) is 29.1 Å². The van der Waals surface area contributed by atoms with Crippen LogP contribution in [0.25, 0.3) is 0 Å². The number of rotatable bonds is 5. The van der Waals surface area contributed by atoms with E-state index in [1.165, 1.54) is 5.56 Å². The zero-order valence-corrected chi connectivity index (χ0v) is 10.0. The van der Waals surface area contributed by atoms with E-state index in [-0.39, 0.29) is 5.91 Å². The van der Waals surface area contributed by atoms with E-state index in [4.69, 9.17) is 0 Å². The third-order valence-corrected chi connectivity index (χ3v) is 3.45. The summed E-state index contributed by atoms with van der Waals surface area (Å²) in [5.74, 6) is 2.13. The predicted molar refractivity (Wildman–Crippen MR) is 66.2 cm³/mol. The molecule has 0 saturated heterocycles. The van der Waals surface area contributed by atoms with Crippen LogP contribution in [0.5, 0.6) is 0 Å². The van der Waals surface area contributed by atoms with E-state index < -0.39 is 0 Å². The molecule has 3 heteroatoms. The minimum atomic E-state index is 0.0975. The monoisotopic (exact) mass is 223 g/mol. The molecule has 0 aromatic heterocycles. The predicted octanol–water partition coefficient (Wildman–Crippen LogP) is 2.27. The Balaban J connectivity index is 2.31. The second-order valence-electron chi connectivity index (χ2n) is 3.50. The molecule has 0 heterocycles. The Morgan fingerprint density at radius 3 is 2.67 bits per heavy atom. The minimum absolute atomic E-state index is 0.0975. The molecule has 0 spiro atoms. The van der Waals surface area contributed by atoms with Crippen molar-refractivity contribution in [1.82, 2.24) is 5.32 Å². The fraction of sp³-hybridized carbons (Fsp3) is 0.417. The molecule has 0 saturated carbocycles. The van der Waals surface area contributed by atoms with Gasteiger partial charge >= 0.3 is 0 Å². The highest BCUT2D eigenvalue weighted by Gasteiger charge is 2.06. The van der Waals surface area contributed by atoms with Gasteiger partial charge in [-0.15, -0.1) is 0 Å². The van der Waals surface area contributed by atoms with Crippen LogP contribution in [0.2, 0.25) is 0 Å². The molecule has 1 rings (SSSR count). The lowest BCUT2D eigenvalue weighted by Crippen LogP contribution is -2.20. The maximum atomic E-state index is 11.0. The van der Waals surface area contributed by atoms with Crippen LogP contribution in [0, 0.1) is 0 Å². The van der Waals surface area contributed by atoms with Crippen LogP contribution in [0.15, 0.2) is 30.3 Å². The van der Waals surface area contributed by atoms with Crippen LogP contribution in [0.1, 0.15) is 18.4 Å². The van der Waals surface area contributed by atoms with Crippen molar-refractivity contribution >= 4 is 17.7 Å². The largest absolute Gasteiger partial charge is 0.358 e. The number of amides is 1. The molecule has 0 unspecified atom stereocenters. The number of hydrogen-bond donors (Lipinski definition) is 1. The van der Waals surface area contributed by atoms with Gasteiger partial charge in [0.2, 0.25) is 5.91 Å². The van der Waals surface area contributed by atoms with Crippen LogP contribution < -0.4 is 5.32 Å². The van der Waals surface area contributed by atoms with Crippen molar-refractivity contribution in [3.63, 3.8) is 0 Å². The first-order valence-corrected chi connectivity index (χ1v) is 6.22. The van der Waals surface area contributed by atoms with Crippen molar-refractivity contribution in [3.05, 3.63) is 35.9 Å². The standard InChI is InChI=1S/C12H17NOS/c1-10(8-15-9-12(14)13-2)11-6-4-3-5-7-11/h3-7,10H,8-9H2,1-2H3,(H,13,14)/t10-/m0/s1. The Labute approximate surface area is 95.5 Å². The van der Waals surface area contributed by atoms with Crippen molar-refractivity contribution in [3.8, 4) is 0 Å². The van der Waals surface area contributed by atoms with Crippen LogP contribution >= 0.6 is 11.8 Å². The molecule has 1 aromatic carbocycles. The van der Waals surface area contributed by atoms with Crippen molar-refractivity contribution < 1.29 is 4.79 Å². The number of nitrogens with one attached hydrogen (secondary N) is 1. The first kappa shape index (κ1) is 12.1. The van der Waals surface area contributed by atoms with Gasteiger partial charge < -0.3 is 5.32 Å². The highest BCUT2D eigenvalue weighted by Crippen LogP contribution is 2.19. The summed E-state index contributed by atoms with van der Waals surface area (Å²) in [6.45, 7) is 2.19. The van der Waals surface area contributed by atoms with Crippen LogP contribution in [0.4, 0.5) is 0 Å². The molecule has 0 aliphatic rings. The first-order valence-electron chi connectivity index (χ1n) is 5.07. The van der Waals surface area contributed by atoms with Crippen molar-refractivity contribution in [2.75, 3.05) is 18.6 Å². The smallest absolute Gasteiger partial charge is 0.229 e. The molecule has 1 aromatic rings. The van der Waals surface area contributed by atoms with E-state index in [9.17, 15) is 4.79 Å². The maximum Gasteiger partial charge on any atom is 0.229 e. The summed E-state index contributed by atoms with van der Waals surface area (Å²) in [7, 11) is 1.67. The Hall–Kier alpha value is -0.960. The van der Waals surface area contributed by atoms with Gasteiger partial charge in [-0.05, 0) is 11.5 Å². The van der Waals surface area contributed by atoms with Gasteiger partial charge in [0, 0.05) is 12.8 Å². The lowest BCUT2D eigenvalue weighted by Gasteiger charge is -2.10. The number of benzene rings is 1. The van der Waals surface area contributed by atoms with E-state index >= 15 is 0 Å². The summed E-state index contributed by atoms with van der Waals surface area (Å²) in [5.41, 5.74) is 1.34. The lowest BCUT2D eigenvalue weighted by atomic mass is 10.0. The van der Waals surface area contributed by atoms with Crippen molar-refractivity contribution in [2.45, 2.75) is 12.8 Å². The quantitative estimate of drug-likeness (QED) is 0.829. The Kier molecular flexibility index (Phi) is 5.26. The summed E-state index contributed by atoms with van der Waals surface area (Å²) >= 11 is 1.68. The second-order valence-corrected chi connectivity index (χ2v) is 4.53. The third kappa shape index (κ3) is 4.38. The number of carbonyl (C=O) groups excluding carboxylic acids is 1. The van der Waals surface area contributed by atoms with E-state index in [0.29, 0.717) is 11.7 Å². The van der Waals surface area contributed by atoms with Crippen molar-refractivity contribution in [1.29, 1.82) is 0 Å². The second kappa shape index (κ2) is 6.51. The molecule has 1 atom stereocenters. The molecule has 0 aliphatic heterocycles. The summed E-state index contributed by atoms with van der Waals surface area (Å²) < 4.78 is 0. The normalized spacial score (nSPS) is 12.1. The molecule has 0 fully saturated rings. The molecule has 15 heavy (non-hydrogen) atoms. The Morgan fingerprint density at radius 2 is 2.07 bits per heavy atom. The van der Waals surface area contributed by atoms with E-state index in [2.05, 4.69) is 36.5 Å². The number of carbonyl (C=O) groups is 1. The van der Waals surface area contributed by atoms with Crippen LogP contribution in [-0.4, -0.2) is 24.5 Å². The van der Waals surface area contributed by atoms with Gasteiger partial charge in [0.15, 0.2) is 0 Å². The number of hydrogen-bond acceptors (Lipinski definition) is 2. The van der Waals surface area contributed by atoms with Gasteiger partial charge in [-0.25, -0.2) is 0 Å². The summed E-state index contributed by atoms with van der Waals surface area (Å²) in [4.78, 5) is 11.0. The molecular weight excluding hydrogens is 206 g/mol. The zero-order chi connectivity index (χ0) is 11.1. The molecule has 1 N–H and O–H groups in total. The molecule has 82 valence electrons. The SMILES string of the molecule is CNC(=O)CSC[C@H](C)c1ccccc1. The first-order chi connectivity index (χ1) is 7.24. The maximum absolute atomic E-state index is 11.0. The van der Waals surface area contributed by atoms with Crippen molar-refractivity contribution in [2.24, 2.45) is 0 Å². The van der Waals surface area contributed by atoms with Gasteiger partial charge in [-0.1, -0.05) is 37.3 Å². The molecule has 1 amide bonds. The molecule has 0 radical (unpaired) electrons. The van der Waals surface area contributed by atoms with Crippen LogP contribution in [-0.2, 0) is 4.79 Å². The highest BCUT2D eigenvalue weighted by atomic mass is 32.2. The zero-order valence-electron chi connectivity index (χ0n) is 9.19. The fourth-order valence-corrected chi connectivity index (χ4v) is 2.27. The Bertz CT molecular complexity index is 300. The van der Waals surface area contributed by atoms with Crippen LogP contribution in [0.3, 0.4) is 0 Å². The molecule has 0 bridgehead atoms. The van der Waals surface area contributed by atoms with Gasteiger partial charge in [-0.3, -0.25) is 4.79 Å². The molecule has 2 nitrogen and oxygen atoms in total. The van der Waals surface area contributed by atoms with Gasteiger partial charge in [0.1, 0.15) is 0 Å². The average Bonchev–Trinajstić information content (AvgIpc) is 2.29. The third-order valence-electron chi connectivity index (χ3n) is 2.25. The lowest BCUT2D eigenvalue weighted by molar-refractivity contribution is -0.118. The van der Waals surface area contributed by atoms with E-state index in [0.717, 1.165) is 5.75 Å². The fourth-order valence-electron chi connectivity index (χ4n) is 1.28. The van der Waals surface area contributed by atoms with Gasteiger partial charge in [0.25, 0.3) is 0 Å². The highest BCUT2D eigenvalue weighted by molar-refractivity contribution is 7.99. The molecular formula is C12H17NOS. The average molecular weight is 223 g/mol. The minimum Gasteiger partial charge on any atom is -0.358 e. The van der Waals surface area contributed by atoms with Gasteiger partial charge in [-0.2, -0.15) is 11.8 Å². The molecule has 0 aliphatic carbocycles. The van der Waals surface area contributed by atoms with Gasteiger partial charge in [0.05, 0.1) is 5.75 Å².